The van der Waals surface area contributed by atoms with E-state index in [1.54, 1.807) is 11.3 Å². The molecule has 0 saturated heterocycles. The van der Waals surface area contributed by atoms with Crippen molar-refractivity contribution in [2.24, 2.45) is 0 Å². The quantitative estimate of drug-likeness (QED) is 0.877. The lowest BCUT2D eigenvalue weighted by Crippen LogP contribution is -2.09. The maximum atomic E-state index is 9.04. The van der Waals surface area contributed by atoms with Crippen LogP contribution < -0.4 is 5.32 Å². The zero-order chi connectivity index (χ0) is 14.1. The van der Waals surface area contributed by atoms with Gasteiger partial charge in [-0.1, -0.05) is 23.3 Å². The molecule has 2 aromatic rings. The molecule has 0 aliphatic carbocycles. The maximum absolute atomic E-state index is 9.04. The lowest BCUT2D eigenvalue weighted by atomic mass is 9.49. The third kappa shape index (κ3) is 2.57. The smallest absolute Gasteiger partial charge is 0.276 e. The number of aromatic nitrogens is 1. The highest BCUT2D eigenvalue weighted by atomic mass is 32.1. The van der Waals surface area contributed by atoms with Gasteiger partial charge in [-0.2, -0.15) is 0 Å². The van der Waals surface area contributed by atoms with E-state index < -0.39 is 0 Å². The van der Waals surface area contributed by atoms with Gasteiger partial charge in [0.05, 0.1) is 5.69 Å². The lowest BCUT2D eigenvalue weighted by molar-refractivity contribution is 0.897. The molecule has 20 heavy (non-hydrogen) atoms. The van der Waals surface area contributed by atoms with E-state index in [-0.39, 0.29) is 6.71 Å². The van der Waals surface area contributed by atoms with Crippen LogP contribution in [0.3, 0.4) is 0 Å². The highest BCUT2D eigenvalue weighted by Gasteiger charge is 2.25. The molecular weight excluding hydrogens is 265 g/mol. The summed E-state index contributed by atoms with van der Waals surface area (Å²) in [5.74, 6) is 2.37. The van der Waals surface area contributed by atoms with Gasteiger partial charge in [-0.15, -0.1) is 11.3 Å². The normalized spacial score (nSPS) is 13.4. The largest absolute Gasteiger partial charge is 0.359 e. The first kappa shape index (κ1) is 13.2. The van der Waals surface area contributed by atoms with Gasteiger partial charge in [0.2, 0.25) is 0 Å². The lowest BCUT2D eigenvalue weighted by Gasteiger charge is -2.05. The standard InChI is InChI=1S/C15H16BN3S/c1-10(2)18-15-19-14(8-20-15)11-3-4-12-6-16(9-17)7-13(12)5-11/h3-5,8,10H,6-7H2,1-2H3,(H,18,19). The second kappa shape index (κ2) is 5.30. The van der Waals surface area contributed by atoms with E-state index in [0.717, 1.165) is 29.0 Å². The van der Waals surface area contributed by atoms with Gasteiger partial charge in [0.1, 0.15) is 0 Å². The summed E-state index contributed by atoms with van der Waals surface area (Å²) in [6, 6.07) is 6.86. The second-order valence-electron chi connectivity index (χ2n) is 5.55. The predicted molar refractivity (Wildman–Crippen MR) is 85.1 cm³/mol. The molecule has 0 saturated carbocycles. The van der Waals surface area contributed by atoms with Crippen molar-refractivity contribution in [3.63, 3.8) is 0 Å². The van der Waals surface area contributed by atoms with Crippen LogP contribution >= 0.6 is 11.3 Å². The van der Waals surface area contributed by atoms with Gasteiger partial charge in [0.25, 0.3) is 6.71 Å². The first-order valence-electron chi connectivity index (χ1n) is 6.89. The number of rotatable bonds is 3. The van der Waals surface area contributed by atoms with E-state index in [0.29, 0.717) is 6.04 Å². The molecule has 3 rings (SSSR count). The van der Waals surface area contributed by atoms with Crippen LogP contribution in [0.4, 0.5) is 5.13 Å². The first-order chi connectivity index (χ1) is 9.65. The zero-order valence-electron chi connectivity index (χ0n) is 11.7. The molecule has 0 bridgehead atoms. The molecule has 1 aromatic carbocycles. The monoisotopic (exact) mass is 281 g/mol. The Morgan fingerprint density at radius 1 is 1.35 bits per heavy atom. The Morgan fingerprint density at radius 2 is 2.15 bits per heavy atom. The Morgan fingerprint density at radius 3 is 2.90 bits per heavy atom. The number of anilines is 1. The molecular formula is C15H16BN3S. The van der Waals surface area contributed by atoms with E-state index in [4.69, 9.17) is 5.26 Å². The molecule has 1 aliphatic rings. The minimum absolute atomic E-state index is 0.147. The van der Waals surface area contributed by atoms with E-state index in [2.05, 4.69) is 53.7 Å². The summed E-state index contributed by atoms with van der Waals surface area (Å²) in [4.78, 5) is 4.63. The van der Waals surface area contributed by atoms with Crippen LogP contribution in [0.1, 0.15) is 25.0 Å². The van der Waals surface area contributed by atoms with Crippen LogP contribution in [0.5, 0.6) is 0 Å². The average Bonchev–Trinajstić information content (AvgIpc) is 3.02. The minimum Gasteiger partial charge on any atom is -0.359 e. The molecule has 0 radical (unpaired) electrons. The van der Waals surface area contributed by atoms with Crippen molar-refractivity contribution in [1.29, 1.82) is 5.26 Å². The Hall–Kier alpha value is -1.80. The number of nitrogens with zero attached hydrogens (tertiary/aromatic N) is 2. The fourth-order valence-corrected chi connectivity index (χ4v) is 3.46. The predicted octanol–water partition coefficient (Wildman–Crippen LogP) is 3.36. The van der Waals surface area contributed by atoms with Crippen molar-refractivity contribution in [1.82, 2.24) is 4.98 Å². The van der Waals surface area contributed by atoms with Gasteiger partial charge in [-0.25, -0.2) is 10.2 Å². The molecule has 5 heteroatoms. The molecule has 0 amide bonds. The number of fused-ring (bicyclic) bond motifs is 1. The molecule has 0 unspecified atom stereocenters. The fraction of sp³-hybridized carbons (Fsp3) is 0.333. The summed E-state index contributed by atoms with van der Waals surface area (Å²) in [6.07, 6.45) is 1.77. The number of nitrogens with one attached hydrogen (secondary N) is 1. The Kier molecular flexibility index (Phi) is 3.50. The van der Waals surface area contributed by atoms with Gasteiger partial charge in [-0.3, -0.25) is 0 Å². The van der Waals surface area contributed by atoms with Gasteiger partial charge in [0, 0.05) is 23.0 Å². The SMILES string of the molecule is CC(C)Nc1nc(-c2ccc3c(c2)CB(C#N)C3)cs1. The van der Waals surface area contributed by atoms with Crippen LogP contribution in [0.2, 0.25) is 0 Å². The molecule has 0 fully saturated rings. The molecule has 100 valence electrons. The molecule has 1 aliphatic heterocycles. The Bertz CT molecular complexity index is 672. The van der Waals surface area contributed by atoms with Crippen LogP contribution in [0.15, 0.2) is 23.6 Å². The van der Waals surface area contributed by atoms with E-state index in [1.807, 2.05) is 0 Å². The topological polar surface area (TPSA) is 48.7 Å². The van der Waals surface area contributed by atoms with Gasteiger partial charge in [-0.05, 0) is 32.6 Å². The molecule has 2 heterocycles. The third-order valence-corrected chi connectivity index (χ3v) is 4.31. The molecule has 0 atom stereocenters. The summed E-state index contributed by atoms with van der Waals surface area (Å²) in [7, 11) is 0. The van der Waals surface area contributed by atoms with Crippen molar-refractivity contribution in [3.8, 4) is 17.2 Å². The van der Waals surface area contributed by atoms with Gasteiger partial charge < -0.3 is 5.32 Å². The van der Waals surface area contributed by atoms with E-state index in [9.17, 15) is 0 Å². The Labute approximate surface area is 123 Å². The van der Waals surface area contributed by atoms with E-state index >= 15 is 0 Å². The number of benzene rings is 1. The maximum Gasteiger partial charge on any atom is 0.276 e. The first-order valence-corrected chi connectivity index (χ1v) is 7.77. The van der Waals surface area contributed by atoms with Gasteiger partial charge >= 0.3 is 0 Å². The summed E-state index contributed by atoms with van der Waals surface area (Å²) in [6.45, 7) is 4.37. The van der Waals surface area contributed by atoms with Gasteiger partial charge in [0.15, 0.2) is 5.13 Å². The van der Waals surface area contributed by atoms with Crippen LogP contribution in [-0.4, -0.2) is 17.7 Å². The molecule has 3 nitrogen and oxygen atoms in total. The molecule has 1 aromatic heterocycles. The van der Waals surface area contributed by atoms with Crippen molar-refractivity contribution in [2.45, 2.75) is 32.5 Å². The van der Waals surface area contributed by atoms with Crippen molar-refractivity contribution >= 4 is 23.2 Å². The summed E-state index contributed by atoms with van der Waals surface area (Å²) in [5.41, 5.74) is 4.79. The zero-order valence-corrected chi connectivity index (χ0v) is 12.5. The minimum atomic E-state index is 0.147. The Balaban J connectivity index is 1.86. The van der Waals surface area contributed by atoms with Crippen molar-refractivity contribution in [2.75, 3.05) is 5.32 Å². The summed E-state index contributed by atoms with van der Waals surface area (Å²) < 4.78 is 0. The van der Waals surface area contributed by atoms with Crippen molar-refractivity contribution in [3.05, 3.63) is 34.7 Å². The van der Waals surface area contributed by atoms with Crippen LogP contribution in [0.25, 0.3) is 11.3 Å². The molecule has 1 N–H and O–H groups in total. The molecule has 0 spiro atoms. The number of nitriles is 1. The highest BCUT2D eigenvalue weighted by Crippen LogP contribution is 2.29. The number of thiazole rings is 1. The number of hydrogen-bond acceptors (Lipinski definition) is 4. The highest BCUT2D eigenvalue weighted by molar-refractivity contribution is 7.14. The van der Waals surface area contributed by atoms with Crippen LogP contribution in [0, 0.1) is 11.2 Å². The van der Waals surface area contributed by atoms with Crippen molar-refractivity contribution < 1.29 is 0 Å². The van der Waals surface area contributed by atoms with E-state index in [1.165, 1.54) is 11.1 Å². The fourth-order valence-electron chi connectivity index (χ4n) is 2.59. The average molecular weight is 281 g/mol. The third-order valence-electron chi connectivity index (χ3n) is 3.53. The summed E-state index contributed by atoms with van der Waals surface area (Å²) in [5, 5.41) is 15.4. The summed E-state index contributed by atoms with van der Waals surface area (Å²) >= 11 is 1.64. The number of hydrogen-bond donors (Lipinski definition) is 1. The second-order valence-corrected chi connectivity index (χ2v) is 6.41. The van der Waals surface area contributed by atoms with Crippen LogP contribution in [-0.2, 0) is 12.6 Å².